The fraction of sp³-hybridized carbons (Fsp3) is 0.182. The van der Waals surface area contributed by atoms with Crippen molar-refractivity contribution in [2.45, 2.75) is 26.4 Å². The van der Waals surface area contributed by atoms with Crippen LogP contribution in [-0.4, -0.2) is 45.3 Å². The van der Waals surface area contributed by atoms with Crippen LogP contribution in [0.25, 0.3) is 12.2 Å². The summed E-state index contributed by atoms with van der Waals surface area (Å²) in [6.45, 7) is 5.11. The predicted octanol–water partition coefficient (Wildman–Crippen LogP) is 5.47. The minimum Gasteiger partial charge on any atom is -0.465 e. The van der Waals surface area contributed by atoms with Crippen LogP contribution in [0, 0.1) is 0 Å². The first-order valence-electron chi connectivity index (χ1n) is 9.78. The molecule has 4 amide bonds. The Hall–Kier alpha value is -4.74. The quantitative estimate of drug-likeness (QED) is 0.269. The number of hydrogen-bond acceptors (Lipinski definition) is 5. The van der Waals surface area contributed by atoms with Crippen LogP contribution >= 0.6 is 0 Å². The summed E-state index contributed by atoms with van der Waals surface area (Å²) in [6.07, 6.45) is -1.67. The first-order chi connectivity index (χ1) is 15.8. The lowest BCUT2D eigenvalue weighted by atomic mass is 10.1. The van der Waals surface area contributed by atoms with E-state index in [1.807, 2.05) is 0 Å². The van der Waals surface area contributed by atoms with Crippen molar-refractivity contribution in [2.75, 3.05) is 21.3 Å². The monoisotopic (exact) mass is 472 g/mol. The number of ether oxygens (including phenoxy) is 1. The van der Waals surface area contributed by atoms with Gasteiger partial charge in [0, 0.05) is 11.4 Å². The number of rotatable bonds is 6. The third kappa shape index (κ3) is 8.42. The molecule has 0 fully saturated rings. The van der Waals surface area contributed by atoms with Crippen LogP contribution in [0.3, 0.4) is 0 Å². The van der Waals surface area contributed by atoms with Gasteiger partial charge in [-0.2, -0.15) is 0 Å². The van der Waals surface area contributed by atoms with Gasteiger partial charge in [-0.1, -0.05) is 24.3 Å². The molecule has 12 nitrogen and oxygen atoms in total. The molecule has 0 unspecified atom stereocenters. The molecule has 7 N–H and O–H groups in total. The van der Waals surface area contributed by atoms with E-state index in [0.29, 0.717) is 11.1 Å². The highest BCUT2D eigenvalue weighted by Crippen LogP contribution is 2.27. The van der Waals surface area contributed by atoms with Crippen molar-refractivity contribution < 1.29 is 39.2 Å². The zero-order chi connectivity index (χ0) is 25.5. The number of carboxylic acid groups (broad SMARTS) is 3. The summed E-state index contributed by atoms with van der Waals surface area (Å²) < 4.78 is 5.18. The van der Waals surface area contributed by atoms with Crippen LogP contribution in [0.15, 0.2) is 36.4 Å². The standard InChI is InChI=1S/C22H24N4O8/c1-22(2,3)34-21(33)24-15-9-7-13(17(11-15)26-20(31)32)5-4-12-6-8-14(23-18(27)28)10-16(12)25-19(29)30/h4-11,23,25-26H,1-3H3,(H,24,33)(H,27,28)(H,29,30)(H,31,32)/b5-4+. The van der Waals surface area contributed by atoms with Crippen LogP contribution < -0.4 is 21.3 Å². The summed E-state index contributed by atoms with van der Waals surface area (Å²) in [4.78, 5) is 45.2. The van der Waals surface area contributed by atoms with E-state index in [4.69, 9.17) is 14.9 Å². The highest BCUT2D eigenvalue weighted by molar-refractivity contribution is 5.94. The lowest BCUT2D eigenvalue weighted by molar-refractivity contribution is 0.0635. The van der Waals surface area contributed by atoms with E-state index in [1.54, 1.807) is 26.8 Å². The van der Waals surface area contributed by atoms with E-state index >= 15 is 0 Å². The molecule has 34 heavy (non-hydrogen) atoms. The number of carbonyl (C=O) groups is 4. The third-order valence-corrected chi connectivity index (χ3v) is 3.93. The molecule has 12 heteroatoms. The summed E-state index contributed by atoms with van der Waals surface area (Å²) in [7, 11) is 0. The Morgan fingerprint density at radius 2 is 1.12 bits per heavy atom. The van der Waals surface area contributed by atoms with Gasteiger partial charge >= 0.3 is 24.4 Å². The van der Waals surface area contributed by atoms with Crippen molar-refractivity contribution in [1.82, 2.24) is 0 Å². The summed E-state index contributed by atoms with van der Waals surface area (Å²) in [6, 6.07) is 8.69. The summed E-state index contributed by atoms with van der Waals surface area (Å²) >= 11 is 0. The molecule has 0 saturated carbocycles. The second kappa shape index (κ2) is 10.7. The number of amides is 4. The maximum atomic E-state index is 12.0. The molecular formula is C22H24N4O8. The highest BCUT2D eigenvalue weighted by Gasteiger charge is 2.17. The molecule has 0 heterocycles. The van der Waals surface area contributed by atoms with E-state index in [0.717, 1.165) is 0 Å². The predicted molar refractivity (Wildman–Crippen MR) is 127 cm³/mol. The molecule has 2 aromatic carbocycles. The molecule has 0 saturated heterocycles. The summed E-state index contributed by atoms with van der Waals surface area (Å²) in [5.41, 5.74) is 0.764. The van der Waals surface area contributed by atoms with E-state index < -0.39 is 30.0 Å². The number of anilines is 4. The van der Waals surface area contributed by atoms with Gasteiger partial charge in [0.25, 0.3) is 0 Å². The Balaban J connectivity index is 2.36. The molecule has 0 aliphatic rings. The molecule has 2 aromatic rings. The molecule has 0 aliphatic heterocycles. The second-order valence-corrected chi connectivity index (χ2v) is 7.85. The zero-order valence-corrected chi connectivity index (χ0v) is 18.5. The smallest absolute Gasteiger partial charge is 0.412 e. The Bertz CT molecular complexity index is 1140. The van der Waals surface area contributed by atoms with E-state index in [1.165, 1.54) is 42.5 Å². The van der Waals surface area contributed by atoms with Crippen LogP contribution in [0.2, 0.25) is 0 Å². The molecule has 180 valence electrons. The molecule has 0 atom stereocenters. The summed E-state index contributed by atoms with van der Waals surface area (Å²) in [5, 5.41) is 36.2. The van der Waals surface area contributed by atoms with Gasteiger partial charge in [0.15, 0.2) is 0 Å². The SMILES string of the molecule is CC(C)(C)OC(=O)Nc1ccc(/C=C/c2ccc(NC(=O)O)cc2NC(=O)O)c(NC(=O)O)c1. The summed E-state index contributed by atoms with van der Waals surface area (Å²) in [5.74, 6) is 0. The van der Waals surface area contributed by atoms with Gasteiger partial charge in [0.1, 0.15) is 5.60 Å². The van der Waals surface area contributed by atoms with Gasteiger partial charge in [-0.3, -0.25) is 21.3 Å². The fourth-order valence-corrected chi connectivity index (χ4v) is 2.73. The number of benzene rings is 2. The van der Waals surface area contributed by atoms with Crippen molar-refractivity contribution in [3.05, 3.63) is 47.5 Å². The minimum atomic E-state index is -1.35. The first kappa shape index (κ1) is 25.5. The highest BCUT2D eigenvalue weighted by atomic mass is 16.6. The van der Waals surface area contributed by atoms with Crippen molar-refractivity contribution in [2.24, 2.45) is 0 Å². The topological polar surface area (TPSA) is 186 Å². The molecule has 2 rings (SSSR count). The molecular weight excluding hydrogens is 448 g/mol. The van der Waals surface area contributed by atoms with E-state index in [2.05, 4.69) is 21.3 Å². The Kier molecular flexibility index (Phi) is 8.05. The number of nitrogens with one attached hydrogen (secondary N) is 4. The Morgan fingerprint density at radius 1 is 0.706 bits per heavy atom. The van der Waals surface area contributed by atoms with Crippen LogP contribution in [0.4, 0.5) is 41.9 Å². The second-order valence-electron chi connectivity index (χ2n) is 7.85. The van der Waals surface area contributed by atoms with Crippen molar-refractivity contribution in [3.8, 4) is 0 Å². The Morgan fingerprint density at radius 3 is 1.50 bits per heavy atom. The third-order valence-electron chi connectivity index (χ3n) is 3.93. The average molecular weight is 472 g/mol. The molecule has 0 radical (unpaired) electrons. The van der Waals surface area contributed by atoms with Crippen LogP contribution in [0.1, 0.15) is 31.9 Å². The van der Waals surface area contributed by atoms with Gasteiger partial charge in [-0.15, -0.1) is 0 Å². The zero-order valence-electron chi connectivity index (χ0n) is 18.5. The maximum Gasteiger partial charge on any atom is 0.412 e. The van der Waals surface area contributed by atoms with Crippen LogP contribution in [0.5, 0.6) is 0 Å². The van der Waals surface area contributed by atoms with Gasteiger partial charge in [0.05, 0.1) is 11.4 Å². The largest absolute Gasteiger partial charge is 0.465 e. The van der Waals surface area contributed by atoms with E-state index in [-0.39, 0.29) is 22.7 Å². The number of carbonyl (C=O) groups excluding carboxylic acids is 1. The lowest BCUT2D eigenvalue weighted by Gasteiger charge is -2.20. The lowest BCUT2D eigenvalue weighted by Crippen LogP contribution is -2.27. The van der Waals surface area contributed by atoms with Crippen molar-refractivity contribution in [3.63, 3.8) is 0 Å². The first-order valence-corrected chi connectivity index (χ1v) is 9.78. The molecule has 0 bridgehead atoms. The fourth-order valence-electron chi connectivity index (χ4n) is 2.73. The van der Waals surface area contributed by atoms with Crippen molar-refractivity contribution in [1.29, 1.82) is 0 Å². The van der Waals surface area contributed by atoms with Crippen LogP contribution in [-0.2, 0) is 4.74 Å². The van der Waals surface area contributed by atoms with Gasteiger partial charge in [-0.05, 0) is 56.2 Å². The molecule has 0 aromatic heterocycles. The average Bonchev–Trinajstić information content (AvgIpc) is 2.65. The van der Waals surface area contributed by atoms with Crippen molar-refractivity contribution >= 4 is 59.3 Å². The molecule has 0 aliphatic carbocycles. The number of hydrogen-bond donors (Lipinski definition) is 7. The maximum absolute atomic E-state index is 12.0. The minimum absolute atomic E-state index is 0.103. The van der Waals surface area contributed by atoms with Gasteiger partial charge in [-0.25, -0.2) is 19.2 Å². The van der Waals surface area contributed by atoms with E-state index in [9.17, 15) is 24.3 Å². The van der Waals surface area contributed by atoms with Gasteiger partial charge < -0.3 is 20.1 Å². The van der Waals surface area contributed by atoms with Gasteiger partial charge in [0.2, 0.25) is 0 Å². The Labute approximate surface area is 194 Å². The molecule has 0 spiro atoms. The normalized spacial score (nSPS) is 10.9.